The smallest absolute Gasteiger partial charge is 0.224 e. The topological polar surface area (TPSA) is 55.1 Å². The summed E-state index contributed by atoms with van der Waals surface area (Å²) in [5.41, 5.74) is 5.57. The highest BCUT2D eigenvalue weighted by molar-refractivity contribution is 5.79. The molecule has 2 aliphatic carbocycles. The zero-order valence-corrected chi connectivity index (χ0v) is 9.54. The summed E-state index contributed by atoms with van der Waals surface area (Å²) in [4.78, 5) is 11.8. The first-order valence-corrected chi connectivity index (χ1v) is 6.25. The fourth-order valence-corrected chi connectivity index (χ4v) is 3.18. The van der Waals surface area contributed by atoms with Gasteiger partial charge in [0, 0.05) is 18.5 Å². The van der Waals surface area contributed by atoms with Crippen LogP contribution in [0.15, 0.2) is 0 Å². The van der Waals surface area contributed by atoms with Crippen molar-refractivity contribution >= 4 is 5.91 Å². The Balaban J connectivity index is 1.84. The van der Waals surface area contributed by atoms with Gasteiger partial charge in [-0.15, -0.1) is 0 Å². The normalized spacial score (nSPS) is 35.5. The molecule has 0 spiro atoms. The first-order chi connectivity index (χ1) is 7.24. The van der Waals surface area contributed by atoms with E-state index in [1.807, 2.05) is 6.92 Å². The van der Waals surface area contributed by atoms with Gasteiger partial charge in [-0.1, -0.05) is 13.3 Å². The lowest BCUT2D eigenvalue weighted by Gasteiger charge is -2.24. The van der Waals surface area contributed by atoms with Gasteiger partial charge < -0.3 is 11.1 Å². The van der Waals surface area contributed by atoms with E-state index in [2.05, 4.69) is 5.32 Å². The maximum absolute atomic E-state index is 11.8. The van der Waals surface area contributed by atoms with Gasteiger partial charge >= 0.3 is 0 Å². The average Bonchev–Trinajstić information content (AvgIpc) is 2.81. The molecular weight excluding hydrogens is 188 g/mol. The SMILES string of the molecule is CCC(CN)C(=O)NC1CC2CCC1C2. The molecule has 3 nitrogen and oxygen atoms in total. The minimum atomic E-state index is 0.0177. The van der Waals surface area contributed by atoms with E-state index in [1.54, 1.807) is 0 Å². The number of carbonyl (C=O) groups is 1. The van der Waals surface area contributed by atoms with Gasteiger partial charge in [0.05, 0.1) is 0 Å². The molecule has 0 radical (unpaired) electrons. The molecule has 0 saturated heterocycles. The number of nitrogens with two attached hydrogens (primary N) is 1. The molecule has 2 bridgehead atoms. The monoisotopic (exact) mass is 210 g/mol. The van der Waals surface area contributed by atoms with E-state index >= 15 is 0 Å². The lowest BCUT2D eigenvalue weighted by Crippen LogP contribution is -2.43. The summed E-state index contributed by atoms with van der Waals surface area (Å²) in [5.74, 6) is 1.84. The van der Waals surface area contributed by atoms with Crippen LogP contribution >= 0.6 is 0 Å². The van der Waals surface area contributed by atoms with Crippen LogP contribution < -0.4 is 11.1 Å². The molecule has 0 aliphatic heterocycles. The Bertz CT molecular complexity index is 238. The van der Waals surface area contributed by atoms with Gasteiger partial charge in [-0.05, 0) is 37.5 Å². The molecule has 4 unspecified atom stereocenters. The molecule has 0 aromatic heterocycles. The number of nitrogens with one attached hydrogen (secondary N) is 1. The predicted octanol–water partition coefficient (Wildman–Crippen LogP) is 1.28. The van der Waals surface area contributed by atoms with Crippen LogP contribution in [0.2, 0.25) is 0 Å². The number of hydrogen-bond acceptors (Lipinski definition) is 2. The molecule has 15 heavy (non-hydrogen) atoms. The highest BCUT2D eigenvalue weighted by Gasteiger charge is 2.40. The van der Waals surface area contributed by atoms with Crippen LogP contribution in [0.3, 0.4) is 0 Å². The van der Waals surface area contributed by atoms with Crippen LogP contribution in [0.5, 0.6) is 0 Å². The van der Waals surface area contributed by atoms with Crippen LogP contribution in [0, 0.1) is 17.8 Å². The van der Waals surface area contributed by atoms with Gasteiger partial charge in [-0.2, -0.15) is 0 Å². The standard InChI is InChI=1S/C12H22N2O/c1-2-9(7-13)12(15)14-11-6-8-3-4-10(11)5-8/h8-11H,2-7,13H2,1H3,(H,14,15). The van der Waals surface area contributed by atoms with E-state index in [4.69, 9.17) is 5.73 Å². The quantitative estimate of drug-likeness (QED) is 0.734. The maximum atomic E-state index is 11.8. The molecule has 3 N–H and O–H groups in total. The summed E-state index contributed by atoms with van der Waals surface area (Å²) < 4.78 is 0. The van der Waals surface area contributed by atoms with Crippen LogP contribution in [0.4, 0.5) is 0 Å². The second-order valence-electron chi connectivity index (χ2n) is 5.13. The Morgan fingerprint density at radius 2 is 2.27 bits per heavy atom. The van der Waals surface area contributed by atoms with E-state index in [-0.39, 0.29) is 11.8 Å². The van der Waals surface area contributed by atoms with Crippen molar-refractivity contribution in [2.24, 2.45) is 23.5 Å². The van der Waals surface area contributed by atoms with E-state index in [0.717, 1.165) is 18.3 Å². The lowest BCUT2D eigenvalue weighted by molar-refractivity contribution is -0.125. The maximum Gasteiger partial charge on any atom is 0.224 e. The van der Waals surface area contributed by atoms with E-state index < -0.39 is 0 Å². The molecule has 0 aromatic rings. The number of carbonyl (C=O) groups excluding carboxylic acids is 1. The van der Waals surface area contributed by atoms with Crippen molar-refractivity contribution in [1.29, 1.82) is 0 Å². The molecule has 86 valence electrons. The number of rotatable bonds is 4. The molecular formula is C12H22N2O. The summed E-state index contributed by atoms with van der Waals surface area (Å²) in [6.07, 6.45) is 6.09. The second-order valence-corrected chi connectivity index (χ2v) is 5.13. The van der Waals surface area contributed by atoms with Gasteiger partial charge in [0.2, 0.25) is 5.91 Å². The summed E-state index contributed by atoms with van der Waals surface area (Å²) in [6.45, 7) is 2.50. The van der Waals surface area contributed by atoms with Crippen molar-refractivity contribution in [3.05, 3.63) is 0 Å². The highest BCUT2D eigenvalue weighted by atomic mass is 16.1. The van der Waals surface area contributed by atoms with E-state index in [0.29, 0.717) is 12.6 Å². The Morgan fingerprint density at radius 1 is 1.47 bits per heavy atom. The fraction of sp³-hybridized carbons (Fsp3) is 0.917. The molecule has 2 fully saturated rings. The predicted molar refractivity (Wildman–Crippen MR) is 60.2 cm³/mol. The average molecular weight is 210 g/mol. The molecule has 2 aliphatic rings. The van der Waals surface area contributed by atoms with Gasteiger partial charge in [0.1, 0.15) is 0 Å². The third kappa shape index (κ3) is 2.17. The zero-order chi connectivity index (χ0) is 10.8. The number of hydrogen-bond donors (Lipinski definition) is 2. The molecule has 0 aromatic carbocycles. The van der Waals surface area contributed by atoms with Crippen LogP contribution in [0.25, 0.3) is 0 Å². The van der Waals surface area contributed by atoms with Crippen molar-refractivity contribution in [2.75, 3.05) is 6.54 Å². The van der Waals surface area contributed by atoms with Crippen LogP contribution in [-0.2, 0) is 4.79 Å². The Labute approximate surface area is 91.8 Å². The number of fused-ring (bicyclic) bond motifs is 2. The Hall–Kier alpha value is -0.570. The van der Waals surface area contributed by atoms with Gasteiger partial charge in [0.15, 0.2) is 0 Å². The second kappa shape index (κ2) is 4.52. The summed E-state index contributed by atoms with van der Waals surface area (Å²) in [7, 11) is 0. The van der Waals surface area contributed by atoms with Crippen molar-refractivity contribution in [2.45, 2.75) is 45.1 Å². The van der Waals surface area contributed by atoms with Crippen LogP contribution in [-0.4, -0.2) is 18.5 Å². The van der Waals surface area contributed by atoms with Crippen molar-refractivity contribution < 1.29 is 4.79 Å². The molecule has 4 atom stereocenters. The van der Waals surface area contributed by atoms with Gasteiger partial charge in [0.25, 0.3) is 0 Å². The third-order valence-corrected chi connectivity index (χ3v) is 4.21. The minimum Gasteiger partial charge on any atom is -0.353 e. The van der Waals surface area contributed by atoms with Crippen molar-refractivity contribution in [3.8, 4) is 0 Å². The summed E-state index contributed by atoms with van der Waals surface area (Å²) in [6, 6.07) is 0.455. The van der Waals surface area contributed by atoms with E-state index in [9.17, 15) is 4.79 Å². The summed E-state index contributed by atoms with van der Waals surface area (Å²) >= 11 is 0. The number of amides is 1. The Kier molecular flexibility index (Phi) is 3.29. The molecule has 2 rings (SSSR count). The summed E-state index contributed by atoms with van der Waals surface area (Å²) in [5, 5.41) is 3.19. The molecule has 3 heteroatoms. The third-order valence-electron chi connectivity index (χ3n) is 4.21. The molecule has 0 heterocycles. The van der Waals surface area contributed by atoms with Crippen molar-refractivity contribution in [3.63, 3.8) is 0 Å². The fourth-order valence-electron chi connectivity index (χ4n) is 3.18. The Morgan fingerprint density at radius 3 is 2.73 bits per heavy atom. The largest absolute Gasteiger partial charge is 0.353 e. The first-order valence-electron chi connectivity index (χ1n) is 6.25. The first kappa shape index (κ1) is 10.9. The highest BCUT2D eigenvalue weighted by Crippen LogP contribution is 2.44. The molecule has 1 amide bonds. The van der Waals surface area contributed by atoms with Gasteiger partial charge in [-0.25, -0.2) is 0 Å². The minimum absolute atomic E-state index is 0.0177. The van der Waals surface area contributed by atoms with Crippen LogP contribution in [0.1, 0.15) is 39.0 Å². The van der Waals surface area contributed by atoms with E-state index in [1.165, 1.54) is 25.7 Å². The zero-order valence-electron chi connectivity index (χ0n) is 9.54. The lowest BCUT2D eigenvalue weighted by atomic mass is 9.94. The van der Waals surface area contributed by atoms with Crippen molar-refractivity contribution in [1.82, 2.24) is 5.32 Å². The molecule has 2 saturated carbocycles. The van der Waals surface area contributed by atoms with Gasteiger partial charge in [-0.3, -0.25) is 4.79 Å².